The van der Waals surface area contributed by atoms with E-state index in [-0.39, 0.29) is 11.4 Å². The molecule has 1 aliphatic carbocycles. The van der Waals surface area contributed by atoms with E-state index in [9.17, 15) is 4.79 Å². The molecule has 1 aliphatic rings. The quantitative estimate of drug-likeness (QED) is 0.802. The highest BCUT2D eigenvalue weighted by Crippen LogP contribution is 2.32. The Bertz CT molecular complexity index is 438. The molecule has 5 heteroatoms. The molecule has 0 unspecified atom stereocenters. The van der Waals surface area contributed by atoms with Crippen molar-refractivity contribution in [3.8, 4) is 0 Å². The van der Waals surface area contributed by atoms with E-state index in [0.717, 1.165) is 31.0 Å². The Morgan fingerprint density at radius 1 is 1.28 bits per heavy atom. The van der Waals surface area contributed by atoms with Crippen molar-refractivity contribution in [3.05, 3.63) is 33.8 Å². The van der Waals surface area contributed by atoms with E-state index in [1.807, 2.05) is 0 Å². The third-order valence-electron chi connectivity index (χ3n) is 3.38. The number of hydrogen-bond donors (Lipinski definition) is 1. The van der Waals surface area contributed by atoms with Crippen LogP contribution in [-0.4, -0.2) is 16.8 Å². The molecule has 1 aromatic carbocycles. The van der Waals surface area contributed by atoms with Crippen molar-refractivity contribution in [1.29, 1.82) is 0 Å². The van der Waals surface area contributed by atoms with Crippen LogP contribution >= 0.6 is 39.1 Å². The molecule has 1 amide bonds. The summed E-state index contributed by atoms with van der Waals surface area (Å²) in [7, 11) is 0. The van der Waals surface area contributed by atoms with Crippen LogP contribution in [0.25, 0.3) is 0 Å². The third-order valence-corrected chi connectivity index (χ3v) is 5.09. The zero-order valence-corrected chi connectivity index (χ0v) is 12.9. The number of carbonyl (C=O) groups is 1. The molecule has 0 aliphatic heterocycles. The lowest BCUT2D eigenvalue weighted by molar-refractivity contribution is 0.0910. The second kappa shape index (κ2) is 5.81. The number of hydrogen-bond acceptors (Lipinski definition) is 1. The number of amides is 1. The van der Waals surface area contributed by atoms with Crippen molar-refractivity contribution in [2.24, 2.45) is 0 Å². The van der Waals surface area contributed by atoms with Crippen LogP contribution in [0.15, 0.2) is 18.2 Å². The highest BCUT2D eigenvalue weighted by Gasteiger charge is 2.35. The summed E-state index contributed by atoms with van der Waals surface area (Å²) in [5, 5.41) is 4.63. The summed E-state index contributed by atoms with van der Waals surface area (Å²) in [6, 6.07) is 5.09. The first-order chi connectivity index (χ1) is 8.58. The van der Waals surface area contributed by atoms with Gasteiger partial charge in [0, 0.05) is 5.33 Å². The largest absolute Gasteiger partial charge is 0.346 e. The molecule has 1 aromatic rings. The lowest BCUT2D eigenvalue weighted by atomic mass is 10.00. The highest BCUT2D eigenvalue weighted by molar-refractivity contribution is 9.09. The second-order valence-corrected chi connectivity index (χ2v) is 6.05. The molecule has 0 spiro atoms. The molecule has 1 fully saturated rings. The van der Waals surface area contributed by atoms with Crippen molar-refractivity contribution < 1.29 is 4.79 Å². The van der Waals surface area contributed by atoms with Gasteiger partial charge in [0.1, 0.15) is 0 Å². The van der Waals surface area contributed by atoms with Crippen LogP contribution < -0.4 is 5.32 Å². The number of alkyl halides is 1. The van der Waals surface area contributed by atoms with Gasteiger partial charge in [0.15, 0.2) is 0 Å². The predicted molar refractivity (Wildman–Crippen MR) is 78.9 cm³/mol. The van der Waals surface area contributed by atoms with Crippen LogP contribution in [0.1, 0.15) is 36.0 Å². The van der Waals surface area contributed by atoms with E-state index in [2.05, 4.69) is 21.2 Å². The monoisotopic (exact) mass is 349 g/mol. The van der Waals surface area contributed by atoms with E-state index in [1.54, 1.807) is 18.2 Å². The number of carbonyl (C=O) groups excluding carboxylic acids is 1. The van der Waals surface area contributed by atoms with Crippen LogP contribution in [0.5, 0.6) is 0 Å². The molecule has 18 heavy (non-hydrogen) atoms. The van der Waals surface area contributed by atoms with Gasteiger partial charge in [0.25, 0.3) is 5.91 Å². The van der Waals surface area contributed by atoms with Gasteiger partial charge in [0.2, 0.25) is 0 Å². The van der Waals surface area contributed by atoms with E-state index < -0.39 is 0 Å². The maximum Gasteiger partial charge on any atom is 0.254 e. The lowest BCUT2D eigenvalue weighted by Gasteiger charge is -2.28. The fourth-order valence-electron chi connectivity index (χ4n) is 2.36. The number of benzene rings is 1. The van der Waals surface area contributed by atoms with Gasteiger partial charge in [0.05, 0.1) is 21.1 Å². The van der Waals surface area contributed by atoms with Gasteiger partial charge >= 0.3 is 0 Å². The van der Waals surface area contributed by atoms with Crippen LogP contribution in [0.3, 0.4) is 0 Å². The molecule has 0 saturated heterocycles. The van der Waals surface area contributed by atoms with E-state index in [4.69, 9.17) is 23.2 Å². The summed E-state index contributed by atoms with van der Waals surface area (Å²) < 4.78 is 0. The van der Waals surface area contributed by atoms with Crippen molar-refractivity contribution >= 4 is 45.0 Å². The van der Waals surface area contributed by atoms with E-state index in [1.165, 1.54) is 0 Å². The Balaban J connectivity index is 2.22. The zero-order valence-electron chi connectivity index (χ0n) is 9.81. The lowest BCUT2D eigenvalue weighted by Crippen LogP contribution is -2.47. The topological polar surface area (TPSA) is 29.1 Å². The Morgan fingerprint density at radius 2 is 1.83 bits per heavy atom. The molecule has 1 saturated carbocycles. The Hall–Kier alpha value is -0.250. The Kier molecular flexibility index (Phi) is 4.57. The third kappa shape index (κ3) is 2.84. The van der Waals surface area contributed by atoms with Crippen molar-refractivity contribution in [2.45, 2.75) is 31.2 Å². The number of nitrogens with one attached hydrogen (secondary N) is 1. The minimum absolute atomic E-state index is 0.153. The minimum atomic E-state index is -0.188. The molecule has 0 radical (unpaired) electrons. The van der Waals surface area contributed by atoms with Crippen LogP contribution in [0.2, 0.25) is 10.0 Å². The molecular weight excluding hydrogens is 337 g/mol. The standard InChI is InChI=1S/C13H14BrCl2NO/c14-8-13(6-1-2-7-13)17-12(18)11-9(15)4-3-5-10(11)16/h3-5H,1-2,6-8H2,(H,17,18). The summed E-state index contributed by atoms with van der Waals surface area (Å²) in [5.74, 6) is -0.188. The van der Waals surface area contributed by atoms with Gasteiger partial charge in [-0.1, -0.05) is 58.0 Å². The molecule has 0 bridgehead atoms. The van der Waals surface area contributed by atoms with Gasteiger partial charge in [-0.25, -0.2) is 0 Å². The normalized spacial score (nSPS) is 17.7. The highest BCUT2D eigenvalue weighted by atomic mass is 79.9. The van der Waals surface area contributed by atoms with E-state index >= 15 is 0 Å². The second-order valence-electron chi connectivity index (χ2n) is 4.67. The summed E-state index contributed by atoms with van der Waals surface area (Å²) in [6.45, 7) is 0. The van der Waals surface area contributed by atoms with Gasteiger partial charge in [-0.2, -0.15) is 0 Å². The SMILES string of the molecule is O=C(NC1(CBr)CCCC1)c1c(Cl)cccc1Cl. The first-order valence-electron chi connectivity index (χ1n) is 5.90. The van der Waals surface area contributed by atoms with Gasteiger partial charge in [-0.05, 0) is 25.0 Å². The fourth-order valence-corrected chi connectivity index (χ4v) is 3.63. The van der Waals surface area contributed by atoms with Crippen LogP contribution in [-0.2, 0) is 0 Å². The molecule has 1 N–H and O–H groups in total. The maximum atomic E-state index is 12.3. The van der Waals surface area contributed by atoms with Crippen molar-refractivity contribution in [3.63, 3.8) is 0 Å². The molecule has 98 valence electrons. The Labute approximate surface area is 125 Å². The molecule has 0 aromatic heterocycles. The van der Waals surface area contributed by atoms with Crippen LogP contribution in [0, 0.1) is 0 Å². The number of rotatable bonds is 3. The predicted octanol–water partition coefficient (Wildman–Crippen LogP) is 4.43. The van der Waals surface area contributed by atoms with Crippen molar-refractivity contribution in [2.75, 3.05) is 5.33 Å². The summed E-state index contributed by atoms with van der Waals surface area (Å²) in [6.07, 6.45) is 4.27. The first kappa shape index (κ1) is 14.2. The first-order valence-corrected chi connectivity index (χ1v) is 7.78. The fraction of sp³-hybridized carbons (Fsp3) is 0.462. The molecule has 2 rings (SSSR count). The molecule has 2 nitrogen and oxygen atoms in total. The van der Waals surface area contributed by atoms with Gasteiger partial charge in [-0.3, -0.25) is 4.79 Å². The van der Waals surface area contributed by atoms with E-state index in [0.29, 0.717) is 15.6 Å². The average Bonchev–Trinajstić information content (AvgIpc) is 2.78. The summed E-state index contributed by atoms with van der Waals surface area (Å²) in [5.41, 5.74) is 0.215. The maximum absolute atomic E-state index is 12.3. The zero-order chi connectivity index (χ0) is 13.2. The Morgan fingerprint density at radius 3 is 2.33 bits per heavy atom. The smallest absolute Gasteiger partial charge is 0.254 e. The minimum Gasteiger partial charge on any atom is -0.346 e. The van der Waals surface area contributed by atoms with Crippen LogP contribution in [0.4, 0.5) is 0 Å². The summed E-state index contributed by atoms with van der Waals surface area (Å²) >= 11 is 15.6. The van der Waals surface area contributed by atoms with Gasteiger partial charge in [-0.15, -0.1) is 0 Å². The number of halogens is 3. The van der Waals surface area contributed by atoms with Crippen molar-refractivity contribution in [1.82, 2.24) is 5.32 Å². The molecule has 0 heterocycles. The average molecular weight is 351 g/mol. The summed E-state index contributed by atoms with van der Waals surface area (Å²) in [4.78, 5) is 12.3. The van der Waals surface area contributed by atoms with Gasteiger partial charge < -0.3 is 5.32 Å². The molecule has 0 atom stereocenters. The molecular formula is C13H14BrCl2NO.